The van der Waals surface area contributed by atoms with Gasteiger partial charge in [0, 0.05) is 29.6 Å². The highest BCUT2D eigenvalue weighted by Gasteiger charge is 2.14. The first-order valence-electron chi connectivity index (χ1n) is 9.04. The second kappa shape index (κ2) is 7.67. The van der Waals surface area contributed by atoms with Crippen LogP contribution in [0, 0.1) is 20.8 Å². The fourth-order valence-corrected chi connectivity index (χ4v) is 3.48. The fourth-order valence-electron chi connectivity index (χ4n) is 2.87. The van der Waals surface area contributed by atoms with E-state index in [0.29, 0.717) is 41.3 Å². The van der Waals surface area contributed by atoms with Crippen molar-refractivity contribution in [3.8, 4) is 11.5 Å². The van der Waals surface area contributed by atoms with Crippen molar-refractivity contribution in [2.24, 2.45) is 0 Å². The number of benzene rings is 1. The smallest absolute Gasteiger partial charge is 0.253 e. The molecule has 4 rings (SSSR count). The number of anilines is 1. The number of carbonyl (C=O) groups excluding carboxylic acids is 1. The zero-order valence-corrected chi connectivity index (χ0v) is 16.8. The Hall–Kier alpha value is -2.81. The molecule has 2 aromatic heterocycles. The number of aromatic nitrogens is 4. The highest BCUT2D eigenvalue weighted by Crippen LogP contribution is 2.32. The predicted octanol–water partition coefficient (Wildman–Crippen LogP) is 2.94. The molecule has 1 N–H and O–H groups in total. The summed E-state index contributed by atoms with van der Waals surface area (Å²) in [7, 11) is 0. The molecule has 9 heteroatoms. The van der Waals surface area contributed by atoms with Gasteiger partial charge < -0.3 is 14.8 Å². The molecule has 1 aliphatic rings. The Balaban J connectivity index is 1.41. The minimum absolute atomic E-state index is 0.143. The van der Waals surface area contributed by atoms with E-state index in [1.54, 1.807) is 16.6 Å². The number of thioether (sulfide) groups is 1. The van der Waals surface area contributed by atoms with Gasteiger partial charge in [0.05, 0.1) is 19.0 Å². The summed E-state index contributed by atoms with van der Waals surface area (Å²) in [4.78, 5) is 21.2. The molecule has 0 bridgehead atoms. The lowest BCUT2D eigenvalue weighted by molar-refractivity contribution is -0.113. The summed E-state index contributed by atoms with van der Waals surface area (Å²) >= 11 is 1.28. The zero-order chi connectivity index (χ0) is 19.7. The molecule has 1 aliphatic heterocycles. The summed E-state index contributed by atoms with van der Waals surface area (Å²) in [5.74, 6) is 1.95. The third-order valence-electron chi connectivity index (χ3n) is 4.61. The Morgan fingerprint density at radius 1 is 1.18 bits per heavy atom. The highest BCUT2D eigenvalue weighted by molar-refractivity contribution is 7.99. The minimum Gasteiger partial charge on any atom is -0.490 e. The summed E-state index contributed by atoms with van der Waals surface area (Å²) in [6, 6.07) is 5.40. The van der Waals surface area contributed by atoms with Gasteiger partial charge in [-0.25, -0.2) is 9.50 Å². The minimum atomic E-state index is -0.143. The topological polar surface area (TPSA) is 90.6 Å². The van der Waals surface area contributed by atoms with E-state index in [1.165, 1.54) is 11.8 Å². The van der Waals surface area contributed by atoms with Crippen molar-refractivity contribution < 1.29 is 14.3 Å². The van der Waals surface area contributed by atoms with Gasteiger partial charge in [-0.3, -0.25) is 4.79 Å². The lowest BCUT2D eigenvalue weighted by Gasteiger charge is -2.10. The van der Waals surface area contributed by atoms with E-state index in [9.17, 15) is 4.79 Å². The Morgan fingerprint density at radius 2 is 1.96 bits per heavy atom. The average molecular weight is 399 g/mol. The molecule has 3 heterocycles. The van der Waals surface area contributed by atoms with E-state index in [1.807, 2.05) is 26.8 Å². The number of carbonyl (C=O) groups is 1. The molecule has 0 unspecified atom stereocenters. The van der Waals surface area contributed by atoms with Crippen molar-refractivity contribution in [1.82, 2.24) is 19.6 Å². The quantitative estimate of drug-likeness (QED) is 0.675. The number of aryl methyl sites for hydroxylation is 2. The van der Waals surface area contributed by atoms with Crippen LogP contribution in [0.1, 0.15) is 23.4 Å². The molecule has 8 nitrogen and oxygen atoms in total. The van der Waals surface area contributed by atoms with Crippen LogP contribution in [0.4, 0.5) is 5.69 Å². The summed E-state index contributed by atoms with van der Waals surface area (Å²) in [6.07, 6.45) is 0.840. The molecule has 0 spiro atoms. The molecule has 1 amide bonds. The number of hydrogen-bond acceptors (Lipinski definition) is 7. The van der Waals surface area contributed by atoms with Crippen LogP contribution in [0.3, 0.4) is 0 Å². The number of amides is 1. The standard InChI is InChI=1S/C19H21N5O3S/c1-11-12(2)20-18-22-19(23-24(18)13(11)3)28-10-17(25)21-14-5-6-15-16(9-14)27-8-4-7-26-15/h5-6,9H,4,7-8,10H2,1-3H3,(H,21,25). The fraction of sp³-hybridized carbons (Fsp3) is 0.368. The molecule has 0 radical (unpaired) electrons. The van der Waals surface area contributed by atoms with Gasteiger partial charge in [-0.05, 0) is 38.5 Å². The van der Waals surface area contributed by atoms with Gasteiger partial charge in [0.2, 0.25) is 11.1 Å². The second-order valence-corrected chi connectivity index (χ2v) is 7.51. The molecule has 28 heavy (non-hydrogen) atoms. The van der Waals surface area contributed by atoms with Gasteiger partial charge in [-0.1, -0.05) is 11.8 Å². The maximum atomic E-state index is 12.3. The molecule has 0 aliphatic carbocycles. The van der Waals surface area contributed by atoms with Crippen molar-refractivity contribution in [2.45, 2.75) is 32.3 Å². The molecule has 0 fully saturated rings. The Bertz CT molecular complexity index is 1050. The van der Waals surface area contributed by atoms with E-state index in [2.05, 4.69) is 20.4 Å². The number of nitrogens with one attached hydrogen (secondary N) is 1. The normalized spacial score (nSPS) is 13.4. The molecular formula is C19H21N5O3S. The zero-order valence-electron chi connectivity index (χ0n) is 16.0. The number of ether oxygens (including phenoxy) is 2. The number of hydrogen-bond donors (Lipinski definition) is 1. The SMILES string of the molecule is Cc1nc2nc(SCC(=O)Nc3ccc4c(c3)OCCCO4)nn2c(C)c1C. The molecule has 1 aromatic carbocycles. The van der Waals surface area contributed by atoms with Gasteiger partial charge in [0.25, 0.3) is 5.78 Å². The number of fused-ring (bicyclic) bond motifs is 2. The third-order valence-corrected chi connectivity index (χ3v) is 5.44. The molecule has 3 aromatic rings. The van der Waals surface area contributed by atoms with Gasteiger partial charge in [0.1, 0.15) is 0 Å². The van der Waals surface area contributed by atoms with E-state index < -0.39 is 0 Å². The molecule has 0 saturated heterocycles. The first-order valence-corrected chi connectivity index (χ1v) is 10.0. The monoisotopic (exact) mass is 399 g/mol. The lowest BCUT2D eigenvalue weighted by atomic mass is 10.2. The van der Waals surface area contributed by atoms with E-state index in [0.717, 1.165) is 23.4 Å². The predicted molar refractivity (Wildman–Crippen MR) is 106 cm³/mol. The lowest BCUT2D eigenvalue weighted by Crippen LogP contribution is -2.14. The van der Waals surface area contributed by atoms with Crippen LogP contribution in [-0.2, 0) is 4.79 Å². The average Bonchev–Trinajstić information content (AvgIpc) is 2.93. The van der Waals surface area contributed by atoms with Crippen LogP contribution in [0.2, 0.25) is 0 Å². The summed E-state index contributed by atoms with van der Waals surface area (Å²) in [6.45, 7) is 7.18. The number of rotatable bonds is 4. The van der Waals surface area contributed by atoms with Crippen LogP contribution >= 0.6 is 11.8 Å². The number of nitrogens with zero attached hydrogens (tertiary/aromatic N) is 4. The molecule has 0 saturated carbocycles. The first kappa shape index (κ1) is 18.5. The van der Waals surface area contributed by atoms with Crippen molar-refractivity contribution in [1.29, 1.82) is 0 Å². The van der Waals surface area contributed by atoms with Crippen LogP contribution in [-0.4, -0.2) is 44.5 Å². The van der Waals surface area contributed by atoms with Crippen LogP contribution in [0.15, 0.2) is 23.4 Å². The summed E-state index contributed by atoms with van der Waals surface area (Å²) < 4.78 is 13.0. The first-order chi connectivity index (χ1) is 13.5. The van der Waals surface area contributed by atoms with Crippen LogP contribution in [0.25, 0.3) is 5.78 Å². The van der Waals surface area contributed by atoms with Gasteiger partial charge in [-0.15, -0.1) is 5.10 Å². The van der Waals surface area contributed by atoms with Crippen molar-refractivity contribution in [3.05, 3.63) is 35.2 Å². The molecular weight excluding hydrogens is 378 g/mol. The van der Waals surface area contributed by atoms with Gasteiger partial charge in [0.15, 0.2) is 11.5 Å². The van der Waals surface area contributed by atoms with Crippen LogP contribution in [0.5, 0.6) is 11.5 Å². The Labute approximate surface area is 166 Å². The third kappa shape index (κ3) is 3.75. The van der Waals surface area contributed by atoms with Crippen LogP contribution < -0.4 is 14.8 Å². The van der Waals surface area contributed by atoms with Crippen molar-refractivity contribution in [3.63, 3.8) is 0 Å². The van der Waals surface area contributed by atoms with E-state index >= 15 is 0 Å². The van der Waals surface area contributed by atoms with E-state index in [-0.39, 0.29) is 11.7 Å². The summed E-state index contributed by atoms with van der Waals surface area (Å²) in [5, 5.41) is 7.85. The van der Waals surface area contributed by atoms with Crippen molar-refractivity contribution in [2.75, 3.05) is 24.3 Å². The Morgan fingerprint density at radius 3 is 2.79 bits per heavy atom. The second-order valence-electron chi connectivity index (χ2n) is 6.56. The van der Waals surface area contributed by atoms with Gasteiger partial charge in [-0.2, -0.15) is 4.98 Å². The largest absolute Gasteiger partial charge is 0.490 e. The molecule has 146 valence electrons. The highest BCUT2D eigenvalue weighted by atomic mass is 32.2. The van der Waals surface area contributed by atoms with Crippen molar-refractivity contribution >= 4 is 29.1 Å². The summed E-state index contributed by atoms with van der Waals surface area (Å²) in [5.41, 5.74) is 3.68. The maximum absolute atomic E-state index is 12.3. The van der Waals surface area contributed by atoms with Gasteiger partial charge >= 0.3 is 0 Å². The van der Waals surface area contributed by atoms with E-state index in [4.69, 9.17) is 9.47 Å². The molecule has 0 atom stereocenters. The maximum Gasteiger partial charge on any atom is 0.253 e. The Kier molecular flexibility index (Phi) is 5.08.